The van der Waals surface area contributed by atoms with Gasteiger partial charge in [0.1, 0.15) is 0 Å². The summed E-state index contributed by atoms with van der Waals surface area (Å²) in [5.74, 6) is 0. The molecule has 1 N–H and O–H groups in total. The number of ether oxygens (including phenoxy) is 1. The molecule has 2 fully saturated rings. The van der Waals surface area contributed by atoms with Crippen LogP contribution < -0.4 is 5.32 Å². The molecule has 3 nitrogen and oxygen atoms in total. The van der Waals surface area contributed by atoms with Gasteiger partial charge in [0.2, 0.25) is 0 Å². The summed E-state index contributed by atoms with van der Waals surface area (Å²) in [5, 5.41) is 3.83. The largest absolute Gasteiger partial charge is 0.371 e. The van der Waals surface area contributed by atoms with Gasteiger partial charge >= 0.3 is 0 Å². The van der Waals surface area contributed by atoms with Gasteiger partial charge in [0.15, 0.2) is 0 Å². The predicted octanol–water partition coefficient (Wildman–Crippen LogP) is 3.58. The number of piperazine rings is 1. The molecule has 0 spiro atoms. The standard InChI is InChI=1S/C18H36N2O/c1-7-17(6)14-20(18(8-2,9-3)13-19-17)12-15-10-11-16(4,5)21-15/h15,19H,7-14H2,1-6H3. The second-order valence-electron chi connectivity index (χ2n) is 8.12. The molecule has 0 aromatic carbocycles. The first-order chi connectivity index (χ1) is 9.78. The van der Waals surface area contributed by atoms with E-state index in [9.17, 15) is 0 Å². The third-order valence-corrected chi connectivity index (χ3v) is 6.13. The molecule has 0 aliphatic carbocycles. The summed E-state index contributed by atoms with van der Waals surface area (Å²) in [5.41, 5.74) is 0.639. The van der Waals surface area contributed by atoms with Crippen molar-refractivity contribution < 1.29 is 4.74 Å². The van der Waals surface area contributed by atoms with Gasteiger partial charge in [-0.2, -0.15) is 0 Å². The van der Waals surface area contributed by atoms with Crippen molar-refractivity contribution in [3.63, 3.8) is 0 Å². The van der Waals surface area contributed by atoms with E-state index < -0.39 is 0 Å². The molecule has 0 radical (unpaired) electrons. The highest BCUT2D eigenvalue weighted by molar-refractivity contribution is 5.03. The third-order valence-electron chi connectivity index (χ3n) is 6.13. The molecule has 0 saturated carbocycles. The molecule has 2 aliphatic heterocycles. The van der Waals surface area contributed by atoms with E-state index in [-0.39, 0.29) is 11.1 Å². The highest BCUT2D eigenvalue weighted by atomic mass is 16.5. The molecule has 0 amide bonds. The second kappa shape index (κ2) is 6.17. The number of rotatable bonds is 5. The van der Waals surface area contributed by atoms with Gasteiger partial charge in [-0.15, -0.1) is 0 Å². The Labute approximate surface area is 131 Å². The van der Waals surface area contributed by atoms with Crippen molar-refractivity contribution in [2.24, 2.45) is 0 Å². The summed E-state index contributed by atoms with van der Waals surface area (Å²) in [4.78, 5) is 2.75. The molecule has 2 unspecified atom stereocenters. The lowest BCUT2D eigenvalue weighted by Gasteiger charge is -2.54. The van der Waals surface area contributed by atoms with E-state index in [0.29, 0.717) is 11.6 Å². The minimum atomic E-state index is 0.0772. The van der Waals surface area contributed by atoms with Gasteiger partial charge in [-0.3, -0.25) is 4.90 Å². The Bertz CT molecular complexity index is 351. The maximum absolute atomic E-state index is 6.27. The van der Waals surface area contributed by atoms with Crippen LogP contribution in [0.15, 0.2) is 0 Å². The van der Waals surface area contributed by atoms with Crippen LogP contribution in [0.1, 0.15) is 73.6 Å². The fraction of sp³-hybridized carbons (Fsp3) is 1.00. The van der Waals surface area contributed by atoms with Crippen LogP contribution in [0.3, 0.4) is 0 Å². The van der Waals surface area contributed by atoms with E-state index in [2.05, 4.69) is 51.8 Å². The summed E-state index contributed by atoms with van der Waals surface area (Å²) in [7, 11) is 0. The lowest BCUT2D eigenvalue weighted by atomic mass is 9.82. The molecular weight excluding hydrogens is 260 g/mol. The molecule has 2 rings (SSSR count). The zero-order chi connectivity index (χ0) is 15.7. The summed E-state index contributed by atoms with van der Waals surface area (Å²) in [6, 6.07) is 0. The molecule has 2 saturated heterocycles. The first kappa shape index (κ1) is 17.2. The van der Waals surface area contributed by atoms with Gasteiger partial charge in [-0.05, 0) is 52.9 Å². The quantitative estimate of drug-likeness (QED) is 0.839. The number of hydrogen-bond acceptors (Lipinski definition) is 3. The lowest BCUT2D eigenvalue weighted by molar-refractivity contribution is -0.0663. The maximum Gasteiger partial charge on any atom is 0.0710 e. The maximum atomic E-state index is 6.27. The van der Waals surface area contributed by atoms with Crippen molar-refractivity contribution >= 4 is 0 Å². The minimum Gasteiger partial charge on any atom is -0.371 e. The van der Waals surface area contributed by atoms with E-state index in [4.69, 9.17) is 4.74 Å². The van der Waals surface area contributed by atoms with Gasteiger partial charge < -0.3 is 10.1 Å². The number of nitrogens with one attached hydrogen (secondary N) is 1. The average molecular weight is 296 g/mol. The first-order valence-corrected chi connectivity index (χ1v) is 8.96. The van der Waals surface area contributed by atoms with Crippen LogP contribution in [0.25, 0.3) is 0 Å². The van der Waals surface area contributed by atoms with Crippen molar-refractivity contribution in [1.82, 2.24) is 10.2 Å². The summed E-state index contributed by atoms with van der Waals surface area (Å²) >= 11 is 0. The molecule has 3 heteroatoms. The van der Waals surface area contributed by atoms with Gasteiger partial charge in [0, 0.05) is 30.7 Å². The Balaban J connectivity index is 2.10. The first-order valence-electron chi connectivity index (χ1n) is 8.96. The van der Waals surface area contributed by atoms with E-state index in [0.717, 1.165) is 19.6 Å². The Kier molecular flexibility index (Phi) is 5.07. The Morgan fingerprint density at radius 3 is 2.24 bits per heavy atom. The molecule has 2 heterocycles. The van der Waals surface area contributed by atoms with Gasteiger partial charge in [-0.1, -0.05) is 20.8 Å². The molecule has 124 valence electrons. The second-order valence-corrected chi connectivity index (χ2v) is 8.12. The smallest absolute Gasteiger partial charge is 0.0710 e. The Hall–Kier alpha value is -0.120. The highest BCUT2D eigenvalue weighted by Gasteiger charge is 2.44. The molecule has 0 aromatic heterocycles. The molecule has 2 atom stereocenters. The van der Waals surface area contributed by atoms with Crippen molar-refractivity contribution in [2.75, 3.05) is 19.6 Å². The number of hydrogen-bond donors (Lipinski definition) is 1. The summed E-state index contributed by atoms with van der Waals surface area (Å²) in [6.45, 7) is 17.2. The molecular formula is C18H36N2O. The van der Waals surface area contributed by atoms with Crippen LogP contribution in [0.2, 0.25) is 0 Å². The van der Waals surface area contributed by atoms with Crippen LogP contribution in [-0.2, 0) is 4.74 Å². The van der Waals surface area contributed by atoms with Crippen molar-refractivity contribution in [2.45, 2.75) is 96.4 Å². The third kappa shape index (κ3) is 3.62. The topological polar surface area (TPSA) is 24.5 Å². The van der Waals surface area contributed by atoms with Crippen molar-refractivity contribution in [3.8, 4) is 0 Å². The van der Waals surface area contributed by atoms with Gasteiger partial charge in [-0.25, -0.2) is 0 Å². The van der Waals surface area contributed by atoms with E-state index in [1.807, 2.05) is 0 Å². The van der Waals surface area contributed by atoms with Crippen molar-refractivity contribution in [3.05, 3.63) is 0 Å². The Morgan fingerprint density at radius 2 is 1.76 bits per heavy atom. The minimum absolute atomic E-state index is 0.0772. The van der Waals surface area contributed by atoms with Crippen molar-refractivity contribution in [1.29, 1.82) is 0 Å². The van der Waals surface area contributed by atoms with E-state index in [1.165, 1.54) is 32.1 Å². The zero-order valence-corrected chi connectivity index (χ0v) is 15.1. The van der Waals surface area contributed by atoms with Crippen LogP contribution in [0, 0.1) is 0 Å². The normalized spacial score (nSPS) is 36.0. The van der Waals surface area contributed by atoms with Crippen LogP contribution in [0.5, 0.6) is 0 Å². The van der Waals surface area contributed by atoms with E-state index in [1.54, 1.807) is 0 Å². The SMILES string of the molecule is CCC1(C)CN(CC2CCC(C)(C)O2)C(CC)(CC)CN1. The van der Waals surface area contributed by atoms with Gasteiger partial charge in [0.25, 0.3) is 0 Å². The molecule has 0 bridgehead atoms. The van der Waals surface area contributed by atoms with Gasteiger partial charge in [0.05, 0.1) is 11.7 Å². The molecule has 0 aromatic rings. The van der Waals surface area contributed by atoms with Crippen LogP contribution in [-0.4, -0.2) is 47.3 Å². The number of nitrogens with zero attached hydrogens (tertiary/aromatic N) is 1. The van der Waals surface area contributed by atoms with Crippen LogP contribution >= 0.6 is 0 Å². The fourth-order valence-corrected chi connectivity index (χ4v) is 4.03. The monoisotopic (exact) mass is 296 g/mol. The summed E-state index contributed by atoms with van der Waals surface area (Å²) in [6.07, 6.45) is 6.43. The zero-order valence-electron chi connectivity index (χ0n) is 15.1. The fourth-order valence-electron chi connectivity index (χ4n) is 4.03. The van der Waals surface area contributed by atoms with Crippen LogP contribution in [0.4, 0.5) is 0 Å². The molecule has 2 aliphatic rings. The predicted molar refractivity (Wildman–Crippen MR) is 89.8 cm³/mol. The molecule has 21 heavy (non-hydrogen) atoms. The van der Waals surface area contributed by atoms with E-state index >= 15 is 0 Å². The summed E-state index contributed by atoms with van der Waals surface area (Å²) < 4.78 is 6.27. The Morgan fingerprint density at radius 1 is 1.10 bits per heavy atom. The lowest BCUT2D eigenvalue weighted by Crippen LogP contribution is -2.69. The highest BCUT2D eigenvalue weighted by Crippen LogP contribution is 2.35. The average Bonchev–Trinajstić information content (AvgIpc) is 2.79.